The third-order valence-electron chi connectivity index (χ3n) is 3.19. The number of benzene rings is 1. The van der Waals surface area contributed by atoms with Crippen molar-refractivity contribution in [2.24, 2.45) is 0 Å². The van der Waals surface area contributed by atoms with E-state index in [0.29, 0.717) is 24.7 Å². The van der Waals surface area contributed by atoms with Crippen LogP contribution in [-0.4, -0.2) is 29.9 Å². The highest BCUT2D eigenvalue weighted by atomic mass is 16.5. The summed E-state index contributed by atoms with van der Waals surface area (Å²) in [6.45, 7) is 4.22. The molecule has 5 heteroatoms. The summed E-state index contributed by atoms with van der Waals surface area (Å²) in [6, 6.07) is 8.38. The summed E-state index contributed by atoms with van der Waals surface area (Å²) in [6.07, 6.45) is 0.692. The third kappa shape index (κ3) is 3.00. The van der Waals surface area contributed by atoms with Crippen LogP contribution < -0.4 is 5.32 Å². The molecular weight excluding hydrogens is 242 g/mol. The molecule has 1 saturated heterocycles. The van der Waals surface area contributed by atoms with Gasteiger partial charge in [0.25, 0.3) is 0 Å². The maximum absolute atomic E-state index is 5.39. The van der Waals surface area contributed by atoms with Crippen LogP contribution in [0.25, 0.3) is 0 Å². The SMILES string of the molecule is Cc1ccc(Cc2noc(C3COCCN3)n2)cc1. The number of nitrogens with one attached hydrogen (secondary N) is 1. The predicted molar refractivity (Wildman–Crippen MR) is 69.8 cm³/mol. The fraction of sp³-hybridized carbons (Fsp3) is 0.429. The van der Waals surface area contributed by atoms with Crippen LogP contribution in [0.1, 0.15) is 28.9 Å². The zero-order chi connectivity index (χ0) is 13.1. The first-order chi connectivity index (χ1) is 9.31. The summed E-state index contributed by atoms with van der Waals surface area (Å²) >= 11 is 0. The van der Waals surface area contributed by atoms with E-state index in [0.717, 1.165) is 13.2 Å². The fourth-order valence-electron chi connectivity index (χ4n) is 2.09. The van der Waals surface area contributed by atoms with Gasteiger partial charge in [-0.2, -0.15) is 4.98 Å². The second-order valence-electron chi connectivity index (χ2n) is 4.79. The van der Waals surface area contributed by atoms with Crippen molar-refractivity contribution in [3.63, 3.8) is 0 Å². The molecule has 1 fully saturated rings. The van der Waals surface area contributed by atoms with E-state index >= 15 is 0 Å². The Morgan fingerprint density at radius 2 is 2.16 bits per heavy atom. The summed E-state index contributed by atoms with van der Waals surface area (Å²) in [5.74, 6) is 1.33. The molecule has 0 amide bonds. The van der Waals surface area contributed by atoms with E-state index < -0.39 is 0 Å². The quantitative estimate of drug-likeness (QED) is 0.907. The number of aryl methyl sites for hydroxylation is 1. The number of nitrogens with zero attached hydrogens (tertiary/aromatic N) is 2. The fourth-order valence-corrected chi connectivity index (χ4v) is 2.09. The van der Waals surface area contributed by atoms with Crippen molar-refractivity contribution < 1.29 is 9.26 Å². The topological polar surface area (TPSA) is 60.2 Å². The van der Waals surface area contributed by atoms with Gasteiger partial charge >= 0.3 is 0 Å². The van der Waals surface area contributed by atoms with Crippen molar-refractivity contribution in [2.45, 2.75) is 19.4 Å². The predicted octanol–water partition coefficient (Wildman–Crippen LogP) is 1.63. The summed E-state index contributed by atoms with van der Waals surface area (Å²) in [5, 5.41) is 7.33. The monoisotopic (exact) mass is 259 g/mol. The van der Waals surface area contributed by atoms with E-state index in [4.69, 9.17) is 9.26 Å². The highest BCUT2D eigenvalue weighted by molar-refractivity contribution is 5.23. The van der Waals surface area contributed by atoms with E-state index in [-0.39, 0.29) is 6.04 Å². The van der Waals surface area contributed by atoms with Gasteiger partial charge in [0.05, 0.1) is 13.2 Å². The van der Waals surface area contributed by atoms with Gasteiger partial charge in [0, 0.05) is 13.0 Å². The first-order valence-corrected chi connectivity index (χ1v) is 6.50. The van der Waals surface area contributed by atoms with Crippen molar-refractivity contribution in [3.8, 4) is 0 Å². The molecule has 2 aromatic rings. The Balaban J connectivity index is 1.68. The molecule has 0 bridgehead atoms. The van der Waals surface area contributed by atoms with Crippen molar-refractivity contribution in [1.29, 1.82) is 0 Å². The smallest absolute Gasteiger partial charge is 0.246 e. The van der Waals surface area contributed by atoms with Gasteiger partial charge in [-0.25, -0.2) is 0 Å². The lowest BCUT2D eigenvalue weighted by Crippen LogP contribution is -2.34. The average molecular weight is 259 g/mol. The summed E-state index contributed by atoms with van der Waals surface area (Å²) < 4.78 is 10.7. The van der Waals surface area contributed by atoms with Gasteiger partial charge in [-0.3, -0.25) is 0 Å². The Kier molecular flexibility index (Phi) is 3.57. The second kappa shape index (κ2) is 5.50. The Labute approximate surface area is 112 Å². The zero-order valence-corrected chi connectivity index (χ0v) is 10.9. The maximum atomic E-state index is 5.39. The molecule has 0 spiro atoms. The second-order valence-corrected chi connectivity index (χ2v) is 4.79. The molecule has 0 saturated carbocycles. The first-order valence-electron chi connectivity index (χ1n) is 6.50. The van der Waals surface area contributed by atoms with Crippen molar-refractivity contribution >= 4 is 0 Å². The number of hydrogen-bond acceptors (Lipinski definition) is 5. The van der Waals surface area contributed by atoms with Crippen molar-refractivity contribution in [1.82, 2.24) is 15.5 Å². The molecule has 1 unspecified atom stereocenters. The minimum absolute atomic E-state index is 0.0213. The molecule has 2 heterocycles. The number of ether oxygens (including phenoxy) is 1. The molecule has 1 N–H and O–H groups in total. The lowest BCUT2D eigenvalue weighted by Gasteiger charge is -2.20. The molecule has 3 rings (SSSR count). The normalized spacial score (nSPS) is 19.5. The Morgan fingerprint density at radius 3 is 2.89 bits per heavy atom. The van der Waals surface area contributed by atoms with Gasteiger partial charge < -0.3 is 14.6 Å². The zero-order valence-electron chi connectivity index (χ0n) is 10.9. The Morgan fingerprint density at radius 1 is 1.32 bits per heavy atom. The van der Waals surface area contributed by atoms with E-state index in [9.17, 15) is 0 Å². The molecule has 19 heavy (non-hydrogen) atoms. The Bertz CT molecular complexity index is 530. The van der Waals surface area contributed by atoms with Crippen LogP contribution in [0.5, 0.6) is 0 Å². The van der Waals surface area contributed by atoms with Crippen LogP contribution in [0.15, 0.2) is 28.8 Å². The van der Waals surface area contributed by atoms with Crippen LogP contribution in [-0.2, 0) is 11.2 Å². The van der Waals surface area contributed by atoms with Gasteiger partial charge in [0.2, 0.25) is 5.89 Å². The Hall–Kier alpha value is -1.72. The highest BCUT2D eigenvalue weighted by Crippen LogP contribution is 2.15. The van der Waals surface area contributed by atoms with Gasteiger partial charge in [-0.05, 0) is 12.5 Å². The molecule has 1 aromatic carbocycles. The number of morpholine rings is 1. The first kappa shape index (κ1) is 12.3. The molecule has 1 aliphatic rings. The van der Waals surface area contributed by atoms with E-state index in [1.54, 1.807) is 0 Å². The van der Waals surface area contributed by atoms with Crippen molar-refractivity contribution in [3.05, 3.63) is 47.1 Å². The minimum Gasteiger partial charge on any atom is -0.378 e. The average Bonchev–Trinajstić information content (AvgIpc) is 2.91. The van der Waals surface area contributed by atoms with Crippen LogP contribution in [0.3, 0.4) is 0 Å². The minimum atomic E-state index is 0.0213. The van der Waals surface area contributed by atoms with Crippen LogP contribution in [0.4, 0.5) is 0 Å². The molecule has 5 nitrogen and oxygen atoms in total. The molecule has 0 aliphatic carbocycles. The molecule has 100 valence electrons. The van der Waals surface area contributed by atoms with Gasteiger partial charge in [0.1, 0.15) is 6.04 Å². The van der Waals surface area contributed by atoms with Gasteiger partial charge in [0.15, 0.2) is 5.82 Å². The van der Waals surface area contributed by atoms with Crippen LogP contribution >= 0.6 is 0 Å². The number of hydrogen-bond donors (Lipinski definition) is 1. The van der Waals surface area contributed by atoms with Gasteiger partial charge in [-0.1, -0.05) is 35.0 Å². The summed E-state index contributed by atoms with van der Waals surface area (Å²) in [7, 11) is 0. The number of aromatic nitrogens is 2. The lowest BCUT2D eigenvalue weighted by atomic mass is 10.1. The van der Waals surface area contributed by atoms with Crippen LogP contribution in [0.2, 0.25) is 0 Å². The van der Waals surface area contributed by atoms with Crippen LogP contribution in [0, 0.1) is 6.92 Å². The van der Waals surface area contributed by atoms with E-state index in [2.05, 4.69) is 46.6 Å². The van der Waals surface area contributed by atoms with E-state index in [1.165, 1.54) is 11.1 Å². The van der Waals surface area contributed by atoms with Crippen molar-refractivity contribution in [2.75, 3.05) is 19.8 Å². The standard InChI is InChI=1S/C14H17N3O2/c1-10-2-4-11(5-3-10)8-13-16-14(19-17-13)12-9-18-7-6-15-12/h2-5,12,15H,6-9H2,1H3. The summed E-state index contributed by atoms with van der Waals surface area (Å²) in [4.78, 5) is 4.43. The molecule has 0 radical (unpaired) electrons. The van der Waals surface area contributed by atoms with E-state index in [1.807, 2.05) is 0 Å². The maximum Gasteiger partial charge on any atom is 0.246 e. The summed E-state index contributed by atoms with van der Waals surface area (Å²) in [5.41, 5.74) is 2.44. The third-order valence-corrected chi connectivity index (χ3v) is 3.19. The lowest BCUT2D eigenvalue weighted by molar-refractivity contribution is 0.0659. The largest absolute Gasteiger partial charge is 0.378 e. The van der Waals surface area contributed by atoms with Gasteiger partial charge in [-0.15, -0.1) is 0 Å². The highest BCUT2D eigenvalue weighted by Gasteiger charge is 2.21. The number of rotatable bonds is 3. The molecule has 1 aromatic heterocycles. The molecule has 1 atom stereocenters. The molecule has 1 aliphatic heterocycles. The molecular formula is C14H17N3O2.